The molecule has 0 saturated carbocycles. The number of hydrogen-bond donors (Lipinski definition) is 2. The van der Waals surface area contributed by atoms with Crippen molar-refractivity contribution in [2.24, 2.45) is 0 Å². The van der Waals surface area contributed by atoms with Crippen LogP contribution in [0.3, 0.4) is 0 Å². The third kappa shape index (κ3) is 3.37. The van der Waals surface area contributed by atoms with Gasteiger partial charge in [0.05, 0.1) is 17.3 Å². The number of benzene rings is 2. The molecule has 0 radical (unpaired) electrons. The van der Waals surface area contributed by atoms with Crippen LogP contribution in [0.4, 0.5) is 11.4 Å². The molecule has 1 heterocycles. The molecule has 1 aliphatic heterocycles. The lowest BCUT2D eigenvalue weighted by atomic mass is 9.97. The van der Waals surface area contributed by atoms with E-state index in [4.69, 9.17) is 0 Å². The fourth-order valence-electron chi connectivity index (χ4n) is 2.72. The summed E-state index contributed by atoms with van der Waals surface area (Å²) < 4.78 is 0. The number of rotatable bonds is 5. The molecule has 3 rings (SSSR count). The molecular weight excluding hydrogens is 304 g/mol. The minimum Gasteiger partial charge on any atom is -0.356 e. The summed E-state index contributed by atoms with van der Waals surface area (Å²) in [4.78, 5) is 14.8. The van der Waals surface area contributed by atoms with Crippen LogP contribution in [0.1, 0.15) is 38.2 Å². The lowest BCUT2D eigenvalue weighted by Crippen LogP contribution is -2.29. The Bertz CT molecular complexity index is 714. The summed E-state index contributed by atoms with van der Waals surface area (Å²) in [6.07, 6.45) is 2.11. The summed E-state index contributed by atoms with van der Waals surface area (Å²) in [5.41, 5.74) is 3.23. The van der Waals surface area contributed by atoms with Crippen molar-refractivity contribution in [3.05, 3.63) is 48.0 Å². The molecule has 2 N–H and O–H groups in total. The van der Waals surface area contributed by atoms with Crippen LogP contribution in [0.5, 0.6) is 0 Å². The van der Waals surface area contributed by atoms with Gasteiger partial charge in [-0.2, -0.15) is 0 Å². The highest BCUT2D eigenvalue weighted by molar-refractivity contribution is 7.99. The van der Waals surface area contributed by atoms with Crippen LogP contribution in [0.25, 0.3) is 0 Å². The zero-order chi connectivity index (χ0) is 16.2. The molecule has 0 spiro atoms. The van der Waals surface area contributed by atoms with E-state index in [1.807, 2.05) is 31.2 Å². The molecule has 1 amide bonds. The fourth-order valence-corrected chi connectivity index (χ4v) is 3.75. The van der Waals surface area contributed by atoms with Crippen LogP contribution in [-0.2, 0) is 4.79 Å². The van der Waals surface area contributed by atoms with Gasteiger partial charge in [0.2, 0.25) is 5.91 Å². The number of para-hydroxylation sites is 2. The first-order valence-corrected chi connectivity index (χ1v) is 8.97. The topological polar surface area (TPSA) is 41.1 Å². The van der Waals surface area contributed by atoms with Gasteiger partial charge >= 0.3 is 0 Å². The Labute approximate surface area is 141 Å². The van der Waals surface area contributed by atoms with Gasteiger partial charge < -0.3 is 10.6 Å². The van der Waals surface area contributed by atoms with Gasteiger partial charge in [0, 0.05) is 16.3 Å². The smallest absolute Gasteiger partial charge is 0.227 e. The van der Waals surface area contributed by atoms with E-state index in [2.05, 4.69) is 35.8 Å². The van der Waals surface area contributed by atoms with Crippen molar-refractivity contribution in [1.29, 1.82) is 0 Å². The molecule has 0 aliphatic carbocycles. The molecule has 1 atom stereocenters. The predicted octanol–water partition coefficient (Wildman–Crippen LogP) is 4.91. The van der Waals surface area contributed by atoms with Crippen molar-refractivity contribution >= 4 is 29.0 Å². The van der Waals surface area contributed by atoms with Crippen molar-refractivity contribution in [1.82, 2.24) is 5.32 Å². The number of unbranched alkanes of at least 4 members (excludes halogenated alkanes) is 1. The van der Waals surface area contributed by atoms with Crippen molar-refractivity contribution in [2.45, 2.75) is 42.4 Å². The summed E-state index contributed by atoms with van der Waals surface area (Å²) >= 11 is 1.75. The molecule has 3 nitrogen and oxygen atoms in total. The molecule has 2 aromatic rings. The molecule has 0 fully saturated rings. The first kappa shape index (κ1) is 15.9. The molecule has 4 heteroatoms. The standard InChI is InChI=1S/C19H22N2OS/c1-3-4-12-20-19(22)13(2)14-8-7-11-17-18(14)21-15-9-5-6-10-16(15)23-17/h5-11,13,21H,3-4,12H2,1-2H3,(H,20,22). The second-order valence-corrected chi connectivity index (χ2v) is 6.89. The zero-order valence-electron chi connectivity index (χ0n) is 13.6. The van der Waals surface area contributed by atoms with Gasteiger partial charge in [-0.05, 0) is 37.1 Å². The average Bonchev–Trinajstić information content (AvgIpc) is 2.59. The Hall–Kier alpha value is -1.94. The Morgan fingerprint density at radius 1 is 1.17 bits per heavy atom. The van der Waals surface area contributed by atoms with Gasteiger partial charge in [0.1, 0.15) is 0 Å². The number of hydrogen-bond acceptors (Lipinski definition) is 3. The number of amides is 1. The Morgan fingerprint density at radius 3 is 2.78 bits per heavy atom. The van der Waals surface area contributed by atoms with Crippen molar-refractivity contribution in [2.75, 3.05) is 11.9 Å². The van der Waals surface area contributed by atoms with Crippen LogP contribution in [-0.4, -0.2) is 12.5 Å². The summed E-state index contributed by atoms with van der Waals surface area (Å²) in [5.74, 6) is -0.0716. The van der Waals surface area contributed by atoms with E-state index >= 15 is 0 Å². The van der Waals surface area contributed by atoms with E-state index in [9.17, 15) is 4.79 Å². The third-order valence-corrected chi connectivity index (χ3v) is 5.25. The quantitative estimate of drug-likeness (QED) is 0.654. The lowest BCUT2D eigenvalue weighted by molar-refractivity contribution is -0.122. The van der Waals surface area contributed by atoms with E-state index in [0.29, 0.717) is 0 Å². The van der Waals surface area contributed by atoms with E-state index in [0.717, 1.165) is 36.3 Å². The van der Waals surface area contributed by atoms with Crippen LogP contribution in [0.2, 0.25) is 0 Å². The molecule has 0 bridgehead atoms. The van der Waals surface area contributed by atoms with Crippen LogP contribution >= 0.6 is 11.8 Å². The molecule has 2 aromatic carbocycles. The zero-order valence-corrected chi connectivity index (χ0v) is 14.4. The normalized spacial score (nSPS) is 13.5. The number of nitrogens with one attached hydrogen (secondary N) is 2. The molecular formula is C19H22N2OS. The first-order valence-electron chi connectivity index (χ1n) is 8.15. The third-order valence-electron chi connectivity index (χ3n) is 4.11. The van der Waals surface area contributed by atoms with Crippen LogP contribution in [0, 0.1) is 0 Å². The maximum absolute atomic E-state index is 12.4. The molecule has 120 valence electrons. The van der Waals surface area contributed by atoms with Gasteiger partial charge in [0.25, 0.3) is 0 Å². The van der Waals surface area contributed by atoms with Crippen LogP contribution in [0.15, 0.2) is 52.3 Å². The summed E-state index contributed by atoms with van der Waals surface area (Å²) in [7, 11) is 0. The van der Waals surface area contributed by atoms with E-state index in [1.54, 1.807) is 11.8 Å². The van der Waals surface area contributed by atoms with Crippen molar-refractivity contribution in [3.8, 4) is 0 Å². The maximum atomic E-state index is 12.4. The second kappa shape index (κ2) is 7.09. The van der Waals surface area contributed by atoms with Gasteiger partial charge in [-0.1, -0.05) is 49.4 Å². The largest absolute Gasteiger partial charge is 0.356 e. The minimum absolute atomic E-state index is 0.0949. The molecule has 0 aromatic heterocycles. The lowest BCUT2D eigenvalue weighted by Gasteiger charge is -2.25. The minimum atomic E-state index is -0.167. The summed E-state index contributed by atoms with van der Waals surface area (Å²) in [6, 6.07) is 14.5. The molecule has 0 saturated heterocycles. The van der Waals surface area contributed by atoms with Crippen LogP contribution < -0.4 is 10.6 Å². The van der Waals surface area contributed by atoms with E-state index in [1.165, 1.54) is 9.79 Å². The number of carbonyl (C=O) groups is 1. The number of anilines is 2. The second-order valence-electron chi connectivity index (χ2n) is 5.81. The highest BCUT2D eigenvalue weighted by Gasteiger charge is 2.23. The van der Waals surface area contributed by atoms with Gasteiger partial charge in [0.15, 0.2) is 0 Å². The monoisotopic (exact) mass is 326 g/mol. The SMILES string of the molecule is CCCCNC(=O)C(C)c1cccc2c1Nc1ccccc1S2. The summed E-state index contributed by atoms with van der Waals surface area (Å²) in [6.45, 7) is 4.85. The Morgan fingerprint density at radius 2 is 1.96 bits per heavy atom. The Kier molecular flexibility index (Phi) is 4.91. The summed E-state index contributed by atoms with van der Waals surface area (Å²) in [5, 5.41) is 6.55. The maximum Gasteiger partial charge on any atom is 0.227 e. The predicted molar refractivity (Wildman–Crippen MR) is 96.6 cm³/mol. The highest BCUT2D eigenvalue weighted by Crippen LogP contribution is 2.46. The van der Waals surface area contributed by atoms with Gasteiger partial charge in [-0.15, -0.1) is 0 Å². The van der Waals surface area contributed by atoms with Crippen molar-refractivity contribution < 1.29 is 4.79 Å². The molecule has 1 aliphatic rings. The van der Waals surface area contributed by atoms with Gasteiger partial charge in [-0.3, -0.25) is 4.79 Å². The number of carbonyl (C=O) groups excluding carboxylic acids is 1. The van der Waals surface area contributed by atoms with E-state index < -0.39 is 0 Å². The van der Waals surface area contributed by atoms with Crippen molar-refractivity contribution in [3.63, 3.8) is 0 Å². The fraction of sp³-hybridized carbons (Fsp3) is 0.316. The first-order chi connectivity index (χ1) is 11.2. The Balaban J connectivity index is 1.84. The van der Waals surface area contributed by atoms with Gasteiger partial charge in [-0.25, -0.2) is 0 Å². The highest BCUT2D eigenvalue weighted by atomic mass is 32.2. The van der Waals surface area contributed by atoms with E-state index in [-0.39, 0.29) is 11.8 Å². The average molecular weight is 326 g/mol. The molecule has 1 unspecified atom stereocenters. The number of fused-ring (bicyclic) bond motifs is 2. The molecule has 23 heavy (non-hydrogen) atoms.